The minimum absolute atomic E-state index is 0.101. The van der Waals surface area contributed by atoms with E-state index in [0.29, 0.717) is 36.5 Å². The standard InChI is InChI=1S/C16H21N3O3S/c1-16(2,3)22-15(20)19-9-6-13(7-10-19)23(21)14-12(11-17)5-4-8-18-14/h4-5,8,13H,6-7,9-10H2,1-3H3. The Labute approximate surface area is 138 Å². The number of piperidine rings is 1. The topological polar surface area (TPSA) is 83.3 Å². The van der Waals surface area contributed by atoms with Gasteiger partial charge in [0, 0.05) is 24.5 Å². The number of hydrogen-bond acceptors (Lipinski definition) is 5. The van der Waals surface area contributed by atoms with Crippen LogP contribution in [0.15, 0.2) is 23.4 Å². The van der Waals surface area contributed by atoms with E-state index in [-0.39, 0.29) is 11.3 Å². The van der Waals surface area contributed by atoms with E-state index in [4.69, 9.17) is 10.00 Å². The minimum atomic E-state index is -1.34. The fourth-order valence-corrected chi connectivity index (χ4v) is 3.82. The Kier molecular flexibility index (Phi) is 5.37. The molecule has 1 unspecified atom stereocenters. The molecule has 6 nitrogen and oxygen atoms in total. The van der Waals surface area contributed by atoms with Gasteiger partial charge in [-0.25, -0.2) is 9.78 Å². The summed E-state index contributed by atoms with van der Waals surface area (Å²) >= 11 is 0. The SMILES string of the molecule is CC(C)(C)OC(=O)N1CCC(S(=O)c2ncccc2C#N)CC1. The summed E-state index contributed by atoms with van der Waals surface area (Å²) < 4.78 is 18.0. The number of nitrogens with zero attached hydrogens (tertiary/aromatic N) is 3. The van der Waals surface area contributed by atoms with Gasteiger partial charge in [-0.05, 0) is 45.7 Å². The molecule has 1 aromatic rings. The molecule has 0 N–H and O–H groups in total. The molecular formula is C16H21N3O3S. The van der Waals surface area contributed by atoms with Crippen LogP contribution in [-0.4, -0.2) is 44.1 Å². The van der Waals surface area contributed by atoms with E-state index in [0.717, 1.165) is 0 Å². The van der Waals surface area contributed by atoms with Crippen LogP contribution in [0, 0.1) is 11.3 Å². The number of carbonyl (C=O) groups excluding carboxylic acids is 1. The van der Waals surface area contributed by atoms with E-state index in [1.54, 1.807) is 23.2 Å². The van der Waals surface area contributed by atoms with Gasteiger partial charge >= 0.3 is 6.09 Å². The minimum Gasteiger partial charge on any atom is -0.444 e. The average Bonchev–Trinajstić information content (AvgIpc) is 2.52. The van der Waals surface area contributed by atoms with Crippen molar-refractivity contribution in [2.45, 2.75) is 49.5 Å². The van der Waals surface area contributed by atoms with Crippen molar-refractivity contribution in [3.05, 3.63) is 23.9 Å². The molecule has 1 amide bonds. The smallest absolute Gasteiger partial charge is 0.410 e. The zero-order valence-electron chi connectivity index (χ0n) is 13.6. The number of pyridine rings is 1. The summed E-state index contributed by atoms with van der Waals surface area (Å²) in [5, 5.41) is 9.33. The Hall–Kier alpha value is -1.94. The Morgan fingerprint density at radius 2 is 2.09 bits per heavy atom. The highest BCUT2D eigenvalue weighted by atomic mass is 32.2. The summed E-state index contributed by atoms with van der Waals surface area (Å²) in [7, 11) is -1.34. The van der Waals surface area contributed by atoms with Gasteiger partial charge in [0.25, 0.3) is 0 Å². The van der Waals surface area contributed by atoms with Crippen molar-refractivity contribution < 1.29 is 13.7 Å². The third kappa shape index (κ3) is 4.52. The fraction of sp³-hybridized carbons (Fsp3) is 0.562. The van der Waals surface area contributed by atoms with Gasteiger partial charge < -0.3 is 9.64 Å². The molecule has 0 aromatic carbocycles. The molecule has 23 heavy (non-hydrogen) atoms. The zero-order chi connectivity index (χ0) is 17.0. The van der Waals surface area contributed by atoms with Gasteiger partial charge in [-0.15, -0.1) is 0 Å². The Morgan fingerprint density at radius 1 is 1.43 bits per heavy atom. The number of amides is 1. The lowest BCUT2D eigenvalue weighted by Gasteiger charge is -2.33. The van der Waals surface area contributed by atoms with E-state index in [1.807, 2.05) is 26.8 Å². The lowest BCUT2D eigenvalue weighted by atomic mass is 10.1. The highest BCUT2D eigenvalue weighted by Crippen LogP contribution is 2.23. The summed E-state index contributed by atoms with van der Waals surface area (Å²) in [5.74, 6) is 0. The second-order valence-electron chi connectivity index (χ2n) is 6.43. The number of hydrogen-bond donors (Lipinski definition) is 0. The van der Waals surface area contributed by atoms with Crippen molar-refractivity contribution in [1.82, 2.24) is 9.88 Å². The molecule has 7 heteroatoms. The van der Waals surface area contributed by atoms with E-state index in [1.165, 1.54) is 0 Å². The summed E-state index contributed by atoms with van der Waals surface area (Å²) in [4.78, 5) is 17.8. The molecule has 0 bridgehead atoms. The Morgan fingerprint density at radius 3 is 2.65 bits per heavy atom. The molecule has 0 saturated carbocycles. The lowest BCUT2D eigenvalue weighted by molar-refractivity contribution is 0.0218. The van der Waals surface area contributed by atoms with Gasteiger partial charge in [-0.3, -0.25) is 4.21 Å². The summed E-state index contributed by atoms with van der Waals surface area (Å²) in [6.07, 6.45) is 2.42. The number of carbonyl (C=O) groups is 1. The molecule has 2 rings (SSSR count). The summed E-state index contributed by atoms with van der Waals surface area (Å²) in [6, 6.07) is 5.31. The second-order valence-corrected chi connectivity index (χ2v) is 8.08. The quantitative estimate of drug-likeness (QED) is 0.829. The first-order valence-electron chi connectivity index (χ1n) is 7.55. The van der Waals surface area contributed by atoms with Crippen LogP contribution in [0.4, 0.5) is 4.79 Å². The third-order valence-corrected chi connectivity index (χ3v) is 5.26. The molecule has 2 heterocycles. The van der Waals surface area contributed by atoms with Crippen LogP contribution in [-0.2, 0) is 15.5 Å². The Bertz CT molecular complexity index is 641. The first kappa shape index (κ1) is 17.4. The number of aromatic nitrogens is 1. The summed E-state index contributed by atoms with van der Waals surface area (Å²) in [6.45, 7) is 6.49. The van der Waals surface area contributed by atoms with Gasteiger partial charge in [0.2, 0.25) is 0 Å². The normalized spacial score (nSPS) is 17.4. The van der Waals surface area contributed by atoms with Gasteiger partial charge in [-0.2, -0.15) is 5.26 Å². The number of rotatable bonds is 2. The van der Waals surface area contributed by atoms with Gasteiger partial charge in [0.05, 0.1) is 16.4 Å². The van der Waals surface area contributed by atoms with Gasteiger partial charge in [-0.1, -0.05) is 0 Å². The predicted octanol–water partition coefficient (Wildman–Crippen LogP) is 2.46. The predicted molar refractivity (Wildman–Crippen MR) is 86.2 cm³/mol. The largest absolute Gasteiger partial charge is 0.444 e. The highest BCUT2D eigenvalue weighted by molar-refractivity contribution is 7.85. The first-order valence-corrected chi connectivity index (χ1v) is 8.77. The van der Waals surface area contributed by atoms with Crippen molar-refractivity contribution in [2.75, 3.05) is 13.1 Å². The molecule has 1 atom stereocenters. The monoisotopic (exact) mass is 335 g/mol. The average molecular weight is 335 g/mol. The van der Waals surface area contributed by atoms with Crippen LogP contribution in [0.25, 0.3) is 0 Å². The molecule has 1 fully saturated rings. The number of likely N-dealkylation sites (tertiary alicyclic amines) is 1. The maximum Gasteiger partial charge on any atom is 0.410 e. The van der Waals surface area contributed by atoms with Crippen molar-refractivity contribution in [3.63, 3.8) is 0 Å². The van der Waals surface area contributed by atoms with Crippen molar-refractivity contribution in [1.29, 1.82) is 5.26 Å². The van der Waals surface area contributed by atoms with E-state index in [2.05, 4.69) is 4.98 Å². The second kappa shape index (κ2) is 7.09. The van der Waals surface area contributed by atoms with Crippen LogP contribution in [0.2, 0.25) is 0 Å². The maximum atomic E-state index is 12.6. The van der Waals surface area contributed by atoms with Crippen molar-refractivity contribution in [2.24, 2.45) is 0 Å². The molecule has 0 spiro atoms. The number of nitriles is 1. The molecular weight excluding hydrogens is 314 g/mol. The van der Waals surface area contributed by atoms with Crippen molar-refractivity contribution in [3.8, 4) is 6.07 Å². The van der Waals surface area contributed by atoms with Gasteiger partial charge in [0.15, 0.2) is 0 Å². The molecule has 1 saturated heterocycles. The number of ether oxygens (including phenoxy) is 1. The molecule has 1 aliphatic rings. The van der Waals surface area contributed by atoms with Crippen LogP contribution < -0.4 is 0 Å². The molecule has 124 valence electrons. The van der Waals surface area contributed by atoms with Crippen LogP contribution in [0.1, 0.15) is 39.2 Å². The molecule has 0 aliphatic carbocycles. The molecule has 0 radical (unpaired) electrons. The first-order chi connectivity index (χ1) is 10.8. The third-order valence-electron chi connectivity index (χ3n) is 3.48. The van der Waals surface area contributed by atoms with E-state index in [9.17, 15) is 9.00 Å². The maximum absolute atomic E-state index is 12.6. The summed E-state index contributed by atoms with van der Waals surface area (Å²) in [5.41, 5.74) is -0.174. The molecule has 1 aromatic heterocycles. The van der Waals surface area contributed by atoms with Crippen LogP contribution >= 0.6 is 0 Å². The lowest BCUT2D eigenvalue weighted by Crippen LogP contribution is -2.43. The van der Waals surface area contributed by atoms with E-state index < -0.39 is 16.4 Å². The van der Waals surface area contributed by atoms with Crippen LogP contribution in [0.3, 0.4) is 0 Å². The fourth-order valence-electron chi connectivity index (χ4n) is 2.37. The van der Waals surface area contributed by atoms with E-state index >= 15 is 0 Å². The van der Waals surface area contributed by atoms with Crippen LogP contribution in [0.5, 0.6) is 0 Å². The Balaban J connectivity index is 1.98. The van der Waals surface area contributed by atoms with Gasteiger partial charge in [0.1, 0.15) is 16.7 Å². The highest BCUT2D eigenvalue weighted by Gasteiger charge is 2.30. The van der Waals surface area contributed by atoms with Crippen molar-refractivity contribution >= 4 is 16.9 Å². The molecule has 1 aliphatic heterocycles. The zero-order valence-corrected chi connectivity index (χ0v) is 14.4.